The van der Waals surface area contributed by atoms with Crippen LogP contribution in [0.25, 0.3) is 0 Å². The van der Waals surface area contributed by atoms with Crippen molar-refractivity contribution in [2.75, 3.05) is 0 Å². The van der Waals surface area contributed by atoms with Crippen LogP contribution in [0.3, 0.4) is 0 Å². The van der Waals surface area contributed by atoms with Gasteiger partial charge in [0.2, 0.25) is 0 Å². The first-order valence-corrected chi connectivity index (χ1v) is 7.59. The zero-order chi connectivity index (χ0) is 15.6. The molecule has 21 heavy (non-hydrogen) atoms. The number of carbonyl (C=O) groups is 1. The summed E-state index contributed by atoms with van der Waals surface area (Å²) in [6, 6.07) is 8.43. The van der Waals surface area contributed by atoms with Gasteiger partial charge in [0.15, 0.2) is 5.78 Å². The summed E-state index contributed by atoms with van der Waals surface area (Å²) in [5, 5.41) is 10.1. The Kier molecular flexibility index (Phi) is 4.68. The van der Waals surface area contributed by atoms with Crippen molar-refractivity contribution < 1.29 is 14.3 Å². The van der Waals surface area contributed by atoms with E-state index < -0.39 is 5.82 Å². The van der Waals surface area contributed by atoms with Gasteiger partial charge in [-0.05, 0) is 56.2 Å². The lowest BCUT2D eigenvalue weighted by molar-refractivity contribution is 0.101. The summed E-state index contributed by atoms with van der Waals surface area (Å²) in [5.41, 5.74) is 2.87. The molecule has 0 bridgehead atoms. The Morgan fingerprint density at radius 2 is 1.90 bits per heavy atom. The number of halogens is 1. The lowest BCUT2D eigenvalue weighted by Crippen LogP contribution is -1.97. The van der Waals surface area contributed by atoms with Crippen molar-refractivity contribution >= 4 is 17.5 Å². The summed E-state index contributed by atoms with van der Waals surface area (Å²) >= 11 is 1.50. The molecule has 2 rings (SSSR count). The van der Waals surface area contributed by atoms with Crippen LogP contribution in [0.15, 0.2) is 35.2 Å². The highest BCUT2D eigenvalue weighted by Gasteiger charge is 2.14. The number of thioether (sulfide) groups is 1. The van der Waals surface area contributed by atoms with Crippen LogP contribution < -0.4 is 0 Å². The summed E-state index contributed by atoms with van der Waals surface area (Å²) < 4.78 is 13.5. The van der Waals surface area contributed by atoms with Crippen molar-refractivity contribution in [1.29, 1.82) is 0 Å². The minimum Gasteiger partial charge on any atom is -0.507 e. The van der Waals surface area contributed by atoms with Crippen molar-refractivity contribution in [3.63, 3.8) is 0 Å². The molecule has 0 unspecified atom stereocenters. The van der Waals surface area contributed by atoms with E-state index in [2.05, 4.69) is 6.07 Å². The number of carbonyl (C=O) groups excluding carboxylic acids is 1. The molecule has 110 valence electrons. The molecule has 2 aromatic rings. The third kappa shape index (κ3) is 3.64. The molecule has 0 saturated carbocycles. The summed E-state index contributed by atoms with van der Waals surface area (Å²) in [4.78, 5) is 12.4. The maximum Gasteiger partial charge on any atom is 0.163 e. The molecule has 0 fully saturated rings. The van der Waals surface area contributed by atoms with Crippen LogP contribution in [0.1, 0.15) is 34.0 Å². The molecule has 0 radical (unpaired) electrons. The largest absolute Gasteiger partial charge is 0.507 e. The SMILES string of the molecule is CC(=O)c1cc(F)cc(CSc2ccc(C)c(C)c2)c1O. The first kappa shape index (κ1) is 15.6. The van der Waals surface area contributed by atoms with Gasteiger partial charge in [0.25, 0.3) is 0 Å². The molecule has 0 saturated heterocycles. The summed E-state index contributed by atoms with van der Waals surface area (Å²) in [7, 11) is 0. The van der Waals surface area contributed by atoms with Gasteiger partial charge in [-0.1, -0.05) is 6.07 Å². The molecule has 0 heterocycles. The first-order valence-electron chi connectivity index (χ1n) is 6.61. The van der Waals surface area contributed by atoms with Crippen LogP contribution in [0, 0.1) is 19.7 Å². The van der Waals surface area contributed by atoms with E-state index in [9.17, 15) is 14.3 Å². The average Bonchev–Trinajstić information content (AvgIpc) is 2.42. The van der Waals surface area contributed by atoms with E-state index in [1.54, 1.807) is 0 Å². The van der Waals surface area contributed by atoms with Gasteiger partial charge in [0.1, 0.15) is 11.6 Å². The van der Waals surface area contributed by atoms with Crippen molar-refractivity contribution in [3.8, 4) is 5.75 Å². The second-order valence-electron chi connectivity index (χ2n) is 5.05. The standard InChI is InChI=1S/C17H17FO2S/c1-10-4-5-15(6-11(10)2)21-9-13-7-14(18)8-16(12(3)19)17(13)20/h4-8,20H,9H2,1-3H3. The van der Waals surface area contributed by atoms with Crippen LogP contribution >= 0.6 is 11.8 Å². The Morgan fingerprint density at radius 3 is 2.52 bits per heavy atom. The van der Waals surface area contributed by atoms with E-state index >= 15 is 0 Å². The maximum atomic E-state index is 13.5. The van der Waals surface area contributed by atoms with E-state index in [0.29, 0.717) is 11.3 Å². The van der Waals surface area contributed by atoms with Crippen LogP contribution in [-0.4, -0.2) is 10.9 Å². The van der Waals surface area contributed by atoms with E-state index in [4.69, 9.17) is 0 Å². The Bertz CT molecular complexity index is 695. The second kappa shape index (κ2) is 6.31. The van der Waals surface area contributed by atoms with Crippen LogP contribution in [0.4, 0.5) is 4.39 Å². The molecular formula is C17H17FO2S. The highest BCUT2D eigenvalue weighted by atomic mass is 32.2. The number of rotatable bonds is 4. The van der Waals surface area contributed by atoms with Gasteiger partial charge < -0.3 is 5.11 Å². The molecule has 4 heteroatoms. The Labute approximate surface area is 128 Å². The highest BCUT2D eigenvalue weighted by Crippen LogP contribution is 2.31. The number of Topliss-reactive ketones (excluding diaryl/α,β-unsaturated/α-hetero) is 1. The number of hydrogen-bond acceptors (Lipinski definition) is 3. The molecule has 2 nitrogen and oxygen atoms in total. The van der Waals surface area contributed by atoms with Crippen LogP contribution in [0.2, 0.25) is 0 Å². The van der Waals surface area contributed by atoms with E-state index in [-0.39, 0.29) is 17.1 Å². The highest BCUT2D eigenvalue weighted by molar-refractivity contribution is 7.98. The smallest absolute Gasteiger partial charge is 0.163 e. The van der Waals surface area contributed by atoms with Crippen LogP contribution in [0.5, 0.6) is 5.75 Å². The molecular weight excluding hydrogens is 287 g/mol. The fourth-order valence-corrected chi connectivity index (χ4v) is 2.97. The number of phenols is 1. The third-order valence-electron chi connectivity index (χ3n) is 3.41. The molecule has 2 aromatic carbocycles. The molecule has 0 atom stereocenters. The number of phenolic OH excluding ortho intramolecular Hbond substituents is 1. The fraction of sp³-hybridized carbons (Fsp3) is 0.235. The summed E-state index contributed by atoms with van der Waals surface area (Å²) in [6.45, 7) is 5.39. The van der Waals surface area contributed by atoms with Crippen LogP contribution in [-0.2, 0) is 5.75 Å². The van der Waals surface area contributed by atoms with Gasteiger partial charge in [0.05, 0.1) is 5.56 Å². The molecule has 0 aromatic heterocycles. The lowest BCUT2D eigenvalue weighted by Gasteiger charge is -2.09. The molecule has 0 aliphatic heterocycles. The number of hydrogen-bond donors (Lipinski definition) is 1. The topological polar surface area (TPSA) is 37.3 Å². The molecule has 0 aliphatic rings. The van der Waals surface area contributed by atoms with Crippen molar-refractivity contribution in [3.05, 3.63) is 58.4 Å². The van der Waals surface area contributed by atoms with Gasteiger partial charge in [-0.25, -0.2) is 4.39 Å². The van der Waals surface area contributed by atoms with Crippen molar-refractivity contribution in [1.82, 2.24) is 0 Å². The zero-order valence-corrected chi connectivity index (χ0v) is 13.1. The molecule has 1 N–H and O–H groups in total. The van der Waals surface area contributed by atoms with Crippen molar-refractivity contribution in [2.24, 2.45) is 0 Å². The predicted molar refractivity (Wildman–Crippen MR) is 83.5 cm³/mol. The normalized spacial score (nSPS) is 10.7. The monoisotopic (exact) mass is 304 g/mol. The van der Waals surface area contributed by atoms with Gasteiger partial charge in [0, 0.05) is 16.2 Å². The van der Waals surface area contributed by atoms with Gasteiger partial charge >= 0.3 is 0 Å². The number of aryl methyl sites for hydroxylation is 2. The summed E-state index contributed by atoms with van der Waals surface area (Å²) in [6.07, 6.45) is 0. The molecule has 0 spiro atoms. The fourth-order valence-electron chi connectivity index (χ4n) is 2.00. The van der Waals surface area contributed by atoms with Gasteiger partial charge in [-0.2, -0.15) is 0 Å². The third-order valence-corrected chi connectivity index (χ3v) is 4.45. The number of ketones is 1. The minimum absolute atomic E-state index is 0.0330. The maximum absolute atomic E-state index is 13.5. The Hall–Kier alpha value is -1.81. The van der Waals surface area contributed by atoms with Crippen molar-refractivity contribution in [2.45, 2.75) is 31.4 Å². The number of aromatic hydroxyl groups is 1. The summed E-state index contributed by atoms with van der Waals surface area (Å²) in [5.74, 6) is -0.565. The second-order valence-corrected chi connectivity index (χ2v) is 6.10. The Balaban J connectivity index is 2.23. The predicted octanol–water partition coefficient (Wildman–Crippen LogP) is 4.64. The lowest BCUT2D eigenvalue weighted by atomic mass is 10.1. The zero-order valence-electron chi connectivity index (χ0n) is 12.2. The average molecular weight is 304 g/mol. The Morgan fingerprint density at radius 1 is 1.19 bits per heavy atom. The van der Waals surface area contributed by atoms with Gasteiger partial charge in [-0.3, -0.25) is 4.79 Å². The molecule has 0 amide bonds. The van der Waals surface area contributed by atoms with E-state index in [1.165, 1.54) is 35.9 Å². The molecule has 0 aliphatic carbocycles. The van der Waals surface area contributed by atoms with E-state index in [1.807, 2.05) is 26.0 Å². The number of benzene rings is 2. The van der Waals surface area contributed by atoms with E-state index in [0.717, 1.165) is 11.0 Å². The first-order chi connectivity index (χ1) is 9.88. The van der Waals surface area contributed by atoms with Gasteiger partial charge in [-0.15, -0.1) is 11.8 Å². The quantitative estimate of drug-likeness (QED) is 0.660. The minimum atomic E-state index is -0.506.